The van der Waals surface area contributed by atoms with Crippen LogP contribution in [0.1, 0.15) is 152 Å². The van der Waals surface area contributed by atoms with E-state index in [9.17, 15) is 48.3 Å². The smallest absolute Gasteiger partial charge is 0.237 e. The zero-order valence-electron chi connectivity index (χ0n) is 42.4. The molecule has 9 atom stereocenters. The molecule has 0 rings (SSSR count). The summed E-state index contributed by atoms with van der Waals surface area (Å²) in [6.45, 7) is 16.0. The van der Waals surface area contributed by atoms with Gasteiger partial charge in [-0.3, -0.25) is 48.1 Å². The molecule has 0 aromatic rings. The quantitative estimate of drug-likeness (QED) is 0.0236. The SMILES string of the molecule is CCC(C)C(NC(=O)C(N)CCC(N)=O)C(=O)CC(CC(C)C)C(=O)NC(CO)C(=O)CC(CCCCN)C(=O)NC(CC(C)C)C(=O)CC(CCCN=C(N)N)C(=O)NC(CC(C)C)C(C)=O. The van der Waals surface area contributed by atoms with Crippen molar-refractivity contribution in [3.05, 3.63) is 0 Å². The molecule has 0 aromatic heterocycles. The summed E-state index contributed by atoms with van der Waals surface area (Å²) in [5.74, 6) is -8.09. The molecule has 0 saturated carbocycles. The fourth-order valence-corrected chi connectivity index (χ4v) is 7.83. The number of ketones is 4. The number of nitrogens with two attached hydrogens (primary N) is 5. The fraction of sp³-hybridized carbons (Fsp3) is 0.792. The van der Waals surface area contributed by atoms with E-state index in [2.05, 4.69) is 26.3 Å². The van der Waals surface area contributed by atoms with Crippen molar-refractivity contribution in [3.8, 4) is 0 Å². The molecule has 0 heterocycles. The molecule has 0 aliphatic heterocycles. The van der Waals surface area contributed by atoms with E-state index < -0.39 is 108 Å². The van der Waals surface area contributed by atoms with Crippen molar-refractivity contribution in [1.82, 2.24) is 21.3 Å². The molecule has 0 bridgehead atoms. The number of primary amides is 1. The van der Waals surface area contributed by atoms with Crippen molar-refractivity contribution >= 4 is 58.6 Å². The molecule has 0 saturated heterocycles. The van der Waals surface area contributed by atoms with E-state index in [1.165, 1.54) is 6.92 Å². The molecule has 20 nitrogen and oxygen atoms in total. The number of Topliss-reactive ketones (excluding diaryl/α,β-unsaturated/α-hetero) is 4. The lowest BCUT2D eigenvalue weighted by Crippen LogP contribution is -2.52. The summed E-state index contributed by atoms with van der Waals surface area (Å²) < 4.78 is 0. The highest BCUT2D eigenvalue weighted by molar-refractivity contribution is 5.97. The third-order valence-electron chi connectivity index (χ3n) is 11.9. The molecular weight excluding hydrogens is 877 g/mol. The molecule has 9 unspecified atom stereocenters. The van der Waals surface area contributed by atoms with Gasteiger partial charge in [-0.25, -0.2) is 0 Å². The Labute approximate surface area is 404 Å². The van der Waals surface area contributed by atoms with Gasteiger partial charge in [-0.05, 0) is 88.5 Å². The van der Waals surface area contributed by atoms with Crippen molar-refractivity contribution in [2.24, 2.45) is 75.1 Å². The number of amides is 5. The summed E-state index contributed by atoms with van der Waals surface area (Å²) in [6.07, 6.45) is 1.99. The third-order valence-corrected chi connectivity index (χ3v) is 11.9. The predicted molar refractivity (Wildman–Crippen MR) is 262 cm³/mol. The molecule has 68 heavy (non-hydrogen) atoms. The summed E-state index contributed by atoms with van der Waals surface area (Å²) in [5.41, 5.74) is 27.9. The number of guanidine groups is 1. The second-order valence-corrected chi connectivity index (χ2v) is 19.7. The van der Waals surface area contributed by atoms with Crippen molar-refractivity contribution in [2.45, 2.75) is 182 Å². The lowest BCUT2D eigenvalue weighted by molar-refractivity contribution is -0.137. The van der Waals surface area contributed by atoms with Crippen LogP contribution >= 0.6 is 0 Å². The Kier molecular flexibility index (Phi) is 31.3. The molecule has 0 aliphatic rings. The van der Waals surface area contributed by atoms with Gasteiger partial charge in [-0.1, -0.05) is 68.2 Å². The van der Waals surface area contributed by atoms with E-state index in [1.54, 1.807) is 6.92 Å². The molecule has 0 radical (unpaired) electrons. The van der Waals surface area contributed by atoms with Gasteiger partial charge < -0.3 is 55.0 Å². The Morgan fingerprint density at radius 1 is 0.574 bits per heavy atom. The zero-order valence-corrected chi connectivity index (χ0v) is 42.4. The average Bonchev–Trinajstić information content (AvgIpc) is 3.24. The third kappa shape index (κ3) is 26.1. The lowest BCUT2D eigenvalue weighted by atomic mass is 9.85. The maximum absolute atomic E-state index is 14.2. The molecule has 0 aliphatic carbocycles. The van der Waals surface area contributed by atoms with Crippen molar-refractivity contribution in [2.75, 3.05) is 19.7 Å². The van der Waals surface area contributed by atoms with Gasteiger partial charge >= 0.3 is 0 Å². The highest BCUT2D eigenvalue weighted by atomic mass is 16.3. The first-order chi connectivity index (χ1) is 31.8. The van der Waals surface area contributed by atoms with Gasteiger partial charge in [0.15, 0.2) is 29.1 Å². The molecular formula is C48H88N10O10. The molecule has 390 valence electrons. The average molecular weight is 965 g/mol. The van der Waals surface area contributed by atoms with Crippen LogP contribution in [0.2, 0.25) is 0 Å². The Balaban J connectivity index is 6.49. The van der Waals surface area contributed by atoms with Gasteiger partial charge in [0.2, 0.25) is 29.5 Å². The number of hydrogen-bond donors (Lipinski definition) is 10. The maximum Gasteiger partial charge on any atom is 0.237 e. The minimum absolute atomic E-state index is 0.0169. The van der Waals surface area contributed by atoms with E-state index in [0.717, 1.165) is 0 Å². The monoisotopic (exact) mass is 965 g/mol. The Hall–Kier alpha value is -4.82. The molecule has 0 aromatic carbocycles. The largest absolute Gasteiger partial charge is 0.394 e. The standard InChI is InChI=1S/C48H88N10O10/c1-10-30(8)43(58-47(68)35(50)16-17-42(51)64)41(63)25-34(20-27(2)3)46(67)57-38(26-59)40(62)24-32(14-11-12-18-49)45(66)56-37(22-29(6)7)39(61)23-33(15-13-19-54-48(52)53)44(65)55-36(31(9)60)21-28(4)5/h27-30,32-38,43,59H,10-26,49-50H2,1-9H3,(H2,51,64)(H,55,65)(H,56,66)(H,57,67)(H,58,68)(H4,52,53,54). The topological polar surface area (TPSA) is 364 Å². The van der Waals surface area contributed by atoms with Crippen molar-refractivity contribution < 1.29 is 48.3 Å². The molecule has 20 heteroatoms. The van der Waals surface area contributed by atoms with Gasteiger partial charge in [0.05, 0.1) is 30.8 Å². The summed E-state index contributed by atoms with van der Waals surface area (Å²) in [7, 11) is 0. The second kappa shape index (κ2) is 33.6. The van der Waals surface area contributed by atoms with Crippen LogP contribution in [-0.4, -0.2) is 114 Å². The van der Waals surface area contributed by atoms with Crippen LogP contribution in [0.25, 0.3) is 0 Å². The first-order valence-corrected chi connectivity index (χ1v) is 24.5. The number of aliphatic hydroxyl groups is 1. The molecule has 0 spiro atoms. The summed E-state index contributed by atoms with van der Waals surface area (Å²) in [6, 6.07) is -5.33. The maximum atomic E-state index is 14.2. The lowest BCUT2D eigenvalue weighted by Gasteiger charge is -2.28. The van der Waals surface area contributed by atoms with Crippen LogP contribution in [0.5, 0.6) is 0 Å². The summed E-state index contributed by atoms with van der Waals surface area (Å²) >= 11 is 0. The molecule has 5 amide bonds. The Bertz CT molecular complexity index is 1670. The minimum Gasteiger partial charge on any atom is -0.394 e. The normalized spacial score (nSPS) is 15.5. The van der Waals surface area contributed by atoms with Crippen LogP contribution in [0.4, 0.5) is 0 Å². The first-order valence-electron chi connectivity index (χ1n) is 24.5. The number of nitrogens with zero attached hydrogens (tertiary/aromatic N) is 1. The van der Waals surface area contributed by atoms with Crippen LogP contribution in [-0.2, 0) is 43.2 Å². The van der Waals surface area contributed by atoms with Gasteiger partial charge in [0.1, 0.15) is 6.04 Å². The molecule has 15 N–H and O–H groups in total. The number of aliphatic imine (C=N–C) groups is 1. The number of carbonyl (C=O) groups excluding carboxylic acids is 9. The Morgan fingerprint density at radius 3 is 1.51 bits per heavy atom. The van der Waals surface area contributed by atoms with Crippen molar-refractivity contribution in [1.29, 1.82) is 0 Å². The fourth-order valence-electron chi connectivity index (χ4n) is 7.83. The highest BCUT2D eigenvalue weighted by Gasteiger charge is 2.36. The summed E-state index contributed by atoms with van der Waals surface area (Å²) in [5, 5.41) is 21.4. The van der Waals surface area contributed by atoms with E-state index >= 15 is 0 Å². The number of unbranched alkanes of at least 4 members (excludes halogenated alkanes) is 1. The summed E-state index contributed by atoms with van der Waals surface area (Å²) in [4.78, 5) is 124. The van der Waals surface area contributed by atoms with Crippen LogP contribution in [0.3, 0.4) is 0 Å². The van der Waals surface area contributed by atoms with Gasteiger partial charge in [0.25, 0.3) is 0 Å². The molecule has 0 fully saturated rings. The highest BCUT2D eigenvalue weighted by Crippen LogP contribution is 2.23. The van der Waals surface area contributed by atoms with Crippen LogP contribution in [0, 0.1) is 41.4 Å². The minimum atomic E-state index is -1.44. The predicted octanol–water partition coefficient (Wildman–Crippen LogP) is 1.19. The van der Waals surface area contributed by atoms with E-state index in [4.69, 9.17) is 28.7 Å². The second-order valence-electron chi connectivity index (χ2n) is 19.7. The van der Waals surface area contributed by atoms with Gasteiger partial charge in [-0.2, -0.15) is 0 Å². The number of hydrogen-bond acceptors (Lipinski definition) is 13. The number of nitrogens with one attached hydrogen (secondary N) is 4. The van der Waals surface area contributed by atoms with Crippen LogP contribution in [0.15, 0.2) is 4.99 Å². The number of carbonyl (C=O) groups is 9. The Morgan fingerprint density at radius 2 is 1.04 bits per heavy atom. The van der Waals surface area contributed by atoms with Crippen molar-refractivity contribution in [3.63, 3.8) is 0 Å². The van der Waals surface area contributed by atoms with Gasteiger partial charge in [-0.15, -0.1) is 0 Å². The first kappa shape index (κ1) is 63.2. The number of rotatable bonds is 38. The van der Waals surface area contributed by atoms with E-state index in [0.29, 0.717) is 38.6 Å². The zero-order chi connectivity index (χ0) is 52.3. The van der Waals surface area contributed by atoms with E-state index in [-0.39, 0.29) is 93.3 Å². The van der Waals surface area contributed by atoms with Gasteiger partial charge in [0, 0.05) is 50.0 Å². The van der Waals surface area contributed by atoms with E-state index in [1.807, 2.05) is 48.5 Å². The number of aliphatic hydroxyl groups excluding tert-OH is 1. The van der Waals surface area contributed by atoms with Crippen LogP contribution < -0.4 is 49.9 Å².